The summed E-state index contributed by atoms with van der Waals surface area (Å²) >= 11 is 5.89. The van der Waals surface area contributed by atoms with Gasteiger partial charge in [0.15, 0.2) is 0 Å². The largest absolute Gasteiger partial charge is 0.444 e. The van der Waals surface area contributed by atoms with E-state index in [0.717, 1.165) is 10.6 Å². The zero-order chi connectivity index (χ0) is 17.0. The van der Waals surface area contributed by atoms with Gasteiger partial charge in [0.1, 0.15) is 5.60 Å². The van der Waals surface area contributed by atoms with Crippen LogP contribution in [0.15, 0.2) is 24.3 Å². The molecule has 1 aromatic rings. The molecule has 0 saturated heterocycles. The molecule has 22 heavy (non-hydrogen) atoms. The lowest BCUT2D eigenvalue weighted by molar-refractivity contribution is 0.0471. The fraction of sp³-hybridized carbons (Fsp3) is 0.588. The maximum atomic E-state index is 11.9. The Bertz CT molecular complexity index is 492. The molecule has 5 heteroatoms. The monoisotopic (exact) mass is 326 g/mol. The van der Waals surface area contributed by atoms with Gasteiger partial charge in [-0.15, -0.1) is 0 Å². The van der Waals surface area contributed by atoms with Crippen LogP contribution in [0.25, 0.3) is 0 Å². The molecule has 0 aromatic heterocycles. The van der Waals surface area contributed by atoms with Crippen molar-refractivity contribution in [2.45, 2.75) is 58.7 Å². The number of halogens is 1. The summed E-state index contributed by atoms with van der Waals surface area (Å²) in [6.07, 6.45) is -0.404. The molecule has 0 bridgehead atoms. The predicted octanol–water partition coefficient (Wildman–Crippen LogP) is 4.29. The summed E-state index contributed by atoms with van der Waals surface area (Å²) in [6.45, 7) is 12.2. The average molecular weight is 327 g/mol. The first-order valence-corrected chi connectivity index (χ1v) is 7.86. The quantitative estimate of drug-likeness (QED) is 0.848. The van der Waals surface area contributed by atoms with E-state index in [1.165, 1.54) is 0 Å². The van der Waals surface area contributed by atoms with Gasteiger partial charge >= 0.3 is 6.09 Å². The Balaban J connectivity index is 2.50. The van der Waals surface area contributed by atoms with Crippen molar-refractivity contribution in [1.29, 1.82) is 0 Å². The Morgan fingerprint density at radius 1 is 1.18 bits per heavy atom. The third-order valence-electron chi connectivity index (χ3n) is 3.06. The molecule has 0 spiro atoms. The van der Waals surface area contributed by atoms with Crippen molar-refractivity contribution >= 4 is 17.7 Å². The van der Waals surface area contributed by atoms with Crippen LogP contribution in [-0.2, 0) is 4.74 Å². The minimum atomic E-state index is -0.496. The Morgan fingerprint density at radius 2 is 1.73 bits per heavy atom. The van der Waals surface area contributed by atoms with E-state index < -0.39 is 17.2 Å². The number of amides is 1. The highest BCUT2D eigenvalue weighted by molar-refractivity contribution is 6.30. The number of carbonyl (C=O) groups excluding carboxylic acids is 1. The molecule has 1 atom stereocenters. The Kier molecular flexibility index (Phi) is 6.27. The molecule has 0 heterocycles. The number of hydrogen-bond donors (Lipinski definition) is 2. The summed E-state index contributed by atoms with van der Waals surface area (Å²) in [5.41, 5.74) is 0.241. The minimum absolute atomic E-state index is 0.164. The number of benzene rings is 1. The average Bonchev–Trinajstić information content (AvgIpc) is 2.33. The van der Waals surface area contributed by atoms with Gasteiger partial charge < -0.3 is 15.4 Å². The molecule has 1 unspecified atom stereocenters. The van der Waals surface area contributed by atoms with Crippen molar-refractivity contribution in [1.82, 2.24) is 10.6 Å². The maximum absolute atomic E-state index is 11.9. The highest BCUT2D eigenvalue weighted by Crippen LogP contribution is 2.17. The van der Waals surface area contributed by atoms with Gasteiger partial charge in [-0.05, 0) is 59.2 Å². The van der Waals surface area contributed by atoms with Gasteiger partial charge in [-0.3, -0.25) is 0 Å². The van der Waals surface area contributed by atoms with E-state index >= 15 is 0 Å². The van der Waals surface area contributed by atoms with E-state index in [1.54, 1.807) is 0 Å². The third kappa shape index (κ3) is 7.14. The van der Waals surface area contributed by atoms with Gasteiger partial charge in [-0.2, -0.15) is 0 Å². The van der Waals surface area contributed by atoms with Crippen LogP contribution in [0.5, 0.6) is 0 Å². The standard InChI is InChI=1S/C17H27ClN2O2/c1-12(13-7-9-14(18)10-8-13)19-11-17(5,6)20-15(21)22-16(2,3)4/h7-10,12,19H,11H2,1-6H3,(H,20,21). The molecule has 4 nitrogen and oxygen atoms in total. The summed E-state index contributed by atoms with van der Waals surface area (Å²) in [6, 6.07) is 7.90. The zero-order valence-electron chi connectivity index (χ0n) is 14.3. The van der Waals surface area contributed by atoms with Crippen LogP contribution in [-0.4, -0.2) is 23.8 Å². The zero-order valence-corrected chi connectivity index (χ0v) is 15.0. The van der Waals surface area contributed by atoms with Gasteiger partial charge in [-0.1, -0.05) is 23.7 Å². The fourth-order valence-corrected chi connectivity index (χ4v) is 2.03. The minimum Gasteiger partial charge on any atom is -0.444 e. The highest BCUT2D eigenvalue weighted by Gasteiger charge is 2.24. The van der Waals surface area contributed by atoms with E-state index in [9.17, 15) is 4.79 Å². The predicted molar refractivity (Wildman–Crippen MR) is 91.3 cm³/mol. The summed E-state index contributed by atoms with van der Waals surface area (Å²) in [4.78, 5) is 11.9. The van der Waals surface area contributed by atoms with Gasteiger partial charge in [0.25, 0.3) is 0 Å². The molecule has 0 aliphatic rings. The molecule has 2 N–H and O–H groups in total. The van der Waals surface area contributed by atoms with Crippen LogP contribution in [0.3, 0.4) is 0 Å². The Labute approximate surface area is 138 Å². The lowest BCUT2D eigenvalue weighted by atomic mass is 10.0. The highest BCUT2D eigenvalue weighted by atomic mass is 35.5. The molecular formula is C17H27ClN2O2. The summed E-state index contributed by atoms with van der Waals surface area (Å²) in [7, 11) is 0. The number of ether oxygens (including phenoxy) is 1. The van der Waals surface area contributed by atoms with E-state index in [0.29, 0.717) is 6.54 Å². The van der Waals surface area contributed by atoms with Crippen molar-refractivity contribution in [3.05, 3.63) is 34.9 Å². The summed E-state index contributed by atoms with van der Waals surface area (Å²) in [5.74, 6) is 0. The number of alkyl carbamates (subject to hydrolysis) is 1. The third-order valence-corrected chi connectivity index (χ3v) is 3.31. The molecule has 0 aliphatic heterocycles. The molecule has 0 radical (unpaired) electrons. The molecule has 1 amide bonds. The van der Waals surface area contributed by atoms with E-state index in [2.05, 4.69) is 17.6 Å². The topological polar surface area (TPSA) is 50.4 Å². The smallest absolute Gasteiger partial charge is 0.408 e. The van der Waals surface area contributed by atoms with Crippen molar-refractivity contribution in [3.63, 3.8) is 0 Å². The van der Waals surface area contributed by atoms with Gasteiger partial charge in [0.2, 0.25) is 0 Å². The van der Waals surface area contributed by atoms with E-state index in [1.807, 2.05) is 58.9 Å². The number of hydrogen-bond acceptors (Lipinski definition) is 3. The number of rotatable bonds is 5. The molecule has 1 aromatic carbocycles. The van der Waals surface area contributed by atoms with Crippen molar-refractivity contribution < 1.29 is 9.53 Å². The molecular weight excluding hydrogens is 300 g/mol. The lowest BCUT2D eigenvalue weighted by Gasteiger charge is -2.30. The van der Waals surface area contributed by atoms with Gasteiger partial charge in [0, 0.05) is 17.6 Å². The van der Waals surface area contributed by atoms with Crippen molar-refractivity contribution in [2.75, 3.05) is 6.54 Å². The van der Waals surface area contributed by atoms with Crippen LogP contribution in [0.4, 0.5) is 4.79 Å². The summed E-state index contributed by atoms with van der Waals surface area (Å²) < 4.78 is 5.29. The Hall–Kier alpha value is -1.26. The van der Waals surface area contributed by atoms with Crippen LogP contribution >= 0.6 is 11.6 Å². The molecule has 0 saturated carbocycles. The first-order chi connectivity index (χ1) is 9.98. The molecule has 124 valence electrons. The van der Waals surface area contributed by atoms with E-state index in [4.69, 9.17) is 16.3 Å². The summed E-state index contributed by atoms with van der Waals surface area (Å²) in [5, 5.41) is 7.02. The number of carbonyl (C=O) groups is 1. The van der Waals surface area contributed by atoms with Crippen LogP contribution in [0.1, 0.15) is 53.1 Å². The van der Waals surface area contributed by atoms with Crippen LogP contribution < -0.4 is 10.6 Å². The fourth-order valence-electron chi connectivity index (χ4n) is 1.90. The molecule has 1 rings (SSSR count). The van der Waals surface area contributed by atoms with Crippen LogP contribution in [0.2, 0.25) is 5.02 Å². The van der Waals surface area contributed by atoms with Crippen LogP contribution in [0, 0.1) is 0 Å². The first kappa shape index (κ1) is 18.8. The molecule has 0 aliphatic carbocycles. The second kappa shape index (κ2) is 7.34. The normalized spacial score (nSPS) is 13.6. The van der Waals surface area contributed by atoms with Gasteiger partial charge in [-0.25, -0.2) is 4.79 Å². The second-order valence-electron chi connectivity index (χ2n) is 7.16. The van der Waals surface area contributed by atoms with E-state index in [-0.39, 0.29) is 6.04 Å². The first-order valence-electron chi connectivity index (χ1n) is 7.48. The lowest BCUT2D eigenvalue weighted by Crippen LogP contribution is -2.51. The second-order valence-corrected chi connectivity index (χ2v) is 7.60. The molecule has 0 fully saturated rings. The Morgan fingerprint density at radius 3 is 2.23 bits per heavy atom. The van der Waals surface area contributed by atoms with Crippen molar-refractivity contribution in [3.8, 4) is 0 Å². The number of nitrogens with one attached hydrogen (secondary N) is 2. The maximum Gasteiger partial charge on any atom is 0.408 e. The van der Waals surface area contributed by atoms with Gasteiger partial charge in [0.05, 0.1) is 5.54 Å². The van der Waals surface area contributed by atoms with Crippen molar-refractivity contribution in [2.24, 2.45) is 0 Å². The SMILES string of the molecule is CC(NCC(C)(C)NC(=O)OC(C)(C)C)c1ccc(Cl)cc1.